The summed E-state index contributed by atoms with van der Waals surface area (Å²) in [6.07, 6.45) is 0.804. The lowest BCUT2D eigenvalue weighted by molar-refractivity contribution is 0.0692. The normalized spacial score (nSPS) is 9.91. The molecule has 0 fully saturated rings. The van der Waals surface area contributed by atoms with Gasteiger partial charge in [-0.3, -0.25) is 0 Å². The first kappa shape index (κ1) is 8.26. The van der Waals surface area contributed by atoms with Gasteiger partial charge in [-0.2, -0.15) is 0 Å². The van der Waals surface area contributed by atoms with Crippen LogP contribution in [-0.2, 0) is 6.42 Å². The minimum Gasteiger partial charge on any atom is -0.477 e. The minimum atomic E-state index is -0.932. The summed E-state index contributed by atoms with van der Waals surface area (Å²) >= 11 is 1.45. The Morgan fingerprint density at radius 3 is 2.73 bits per heavy atom. The van der Waals surface area contributed by atoms with E-state index in [9.17, 15) is 4.79 Å². The topological polar surface area (TPSA) is 50.2 Å². The van der Waals surface area contributed by atoms with E-state index in [1.54, 1.807) is 7.85 Å². The second kappa shape index (κ2) is 3.05. The monoisotopic (exact) mass is 169 g/mol. The van der Waals surface area contributed by atoms with Crippen LogP contribution in [0.25, 0.3) is 0 Å². The Bertz CT molecular complexity index is 284. The van der Waals surface area contributed by atoms with Crippen molar-refractivity contribution < 1.29 is 9.90 Å². The van der Waals surface area contributed by atoms with Gasteiger partial charge in [0.1, 0.15) is 0 Å². The van der Waals surface area contributed by atoms with Gasteiger partial charge in [-0.15, -0.1) is 11.3 Å². The van der Waals surface area contributed by atoms with Crippen LogP contribution in [0.4, 0.5) is 0 Å². The Labute approximate surface area is 69.5 Å². The number of hydrogen-bond donors (Lipinski definition) is 1. The maximum Gasteiger partial charge on any atom is 0.354 e. The van der Waals surface area contributed by atoms with Gasteiger partial charge in [0.15, 0.2) is 13.5 Å². The molecule has 0 bridgehead atoms. The molecule has 1 rings (SSSR count). The summed E-state index contributed by atoms with van der Waals surface area (Å²) in [5.41, 5.74) is 0.201. The van der Waals surface area contributed by atoms with E-state index in [2.05, 4.69) is 4.98 Å². The smallest absolute Gasteiger partial charge is 0.354 e. The molecular formula is C6H8BNO2S. The van der Waals surface area contributed by atoms with E-state index in [0.717, 1.165) is 16.2 Å². The highest BCUT2D eigenvalue weighted by molar-refractivity contribution is 7.20. The van der Waals surface area contributed by atoms with Crippen LogP contribution in [0.3, 0.4) is 0 Å². The highest BCUT2D eigenvalue weighted by Crippen LogP contribution is 2.05. The molecule has 0 saturated carbocycles. The molecule has 1 aromatic heterocycles. The average molecular weight is 169 g/mol. The number of hydrogen-bond acceptors (Lipinski definition) is 3. The van der Waals surface area contributed by atoms with E-state index < -0.39 is 5.97 Å². The van der Waals surface area contributed by atoms with Crippen LogP contribution in [0.15, 0.2) is 0 Å². The molecular weight excluding hydrogens is 161 g/mol. The molecule has 0 unspecified atom stereocenters. The van der Waals surface area contributed by atoms with Crippen LogP contribution < -0.4 is 4.78 Å². The van der Waals surface area contributed by atoms with E-state index in [-0.39, 0.29) is 5.69 Å². The molecule has 0 aliphatic rings. The van der Waals surface area contributed by atoms with Crippen LogP contribution >= 0.6 is 11.3 Å². The Balaban J connectivity index is 3.07. The Morgan fingerprint density at radius 2 is 2.45 bits per heavy atom. The maximum absolute atomic E-state index is 10.5. The van der Waals surface area contributed by atoms with Gasteiger partial charge in [0.25, 0.3) is 0 Å². The minimum absolute atomic E-state index is 0.201. The molecule has 0 aliphatic carbocycles. The molecule has 0 spiro atoms. The van der Waals surface area contributed by atoms with Crippen LogP contribution in [0.5, 0.6) is 0 Å². The first-order valence-corrected chi connectivity index (χ1v) is 4.16. The molecule has 1 aromatic rings. The van der Waals surface area contributed by atoms with Gasteiger partial charge >= 0.3 is 5.97 Å². The summed E-state index contributed by atoms with van der Waals surface area (Å²) in [5.74, 6) is -0.932. The van der Waals surface area contributed by atoms with E-state index in [4.69, 9.17) is 5.11 Å². The average Bonchev–Trinajstić information content (AvgIpc) is 2.30. The van der Waals surface area contributed by atoms with Crippen molar-refractivity contribution in [1.29, 1.82) is 0 Å². The third-order valence-electron chi connectivity index (χ3n) is 1.35. The zero-order valence-electron chi connectivity index (χ0n) is 6.42. The van der Waals surface area contributed by atoms with Gasteiger partial charge < -0.3 is 5.11 Å². The fraction of sp³-hybridized carbons (Fsp3) is 0.333. The van der Waals surface area contributed by atoms with Gasteiger partial charge in [-0.1, -0.05) is 6.92 Å². The lowest BCUT2D eigenvalue weighted by Crippen LogP contribution is -2.10. The summed E-state index contributed by atoms with van der Waals surface area (Å²) in [6, 6.07) is 0. The Kier molecular flexibility index (Phi) is 2.29. The van der Waals surface area contributed by atoms with Crippen LogP contribution in [0.1, 0.15) is 22.4 Å². The highest BCUT2D eigenvalue weighted by atomic mass is 32.1. The van der Waals surface area contributed by atoms with Crippen molar-refractivity contribution in [3.05, 3.63) is 10.7 Å². The number of rotatable bonds is 2. The summed E-state index contributed by atoms with van der Waals surface area (Å²) in [7, 11) is 1.78. The number of carbonyl (C=O) groups is 1. The van der Waals surface area contributed by atoms with E-state index in [1.165, 1.54) is 11.3 Å². The van der Waals surface area contributed by atoms with Crippen molar-refractivity contribution in [2.45, 2.75) is 13.3 Å². The quantitative estimate of drug-likeness (QED) is 0.616. The molecule has 0 aliphatic heterocycles. The van der Waals surface area contributed by atoms with Gasteiger partial charge in [0.2, 0.25) is 0 Å². The van der Waals surface area contributed by atoms with Crippen LogP contribution in [-0.4, -0.2) is 23.9 Å². The summed E-state index contributed by atoms with van der Waals surface area (Å²) in [5, 5.41) is 9.51. The number of carboxylic acids is 1. The molecule has 0 amide bonds. The Hall–Kier alpha value is -0.835. The van der Waals surface area contributed by atoms with E-state index in [0.29, 0.717) is 0 Å². The number of thiazole rings is 1. The van der Waals surface area contributed by atoms with Crippen molar-refractivity contribution in [3.63, 3.8) is 0 Å². The zero-order valence-corrected chi connectivity index (χ0v) is 7.23. The predicted molar refractivity (Wildman–Crippen MR) is 46.6 cm³/mol. The number of aryl methyl sites for hydroxylation is 1. The molecule has 0 radical (unpaired) electrons. The molecule has 5 heteroatoms. The third-order valence-corrected chi connectivity index (χ3v) is 2.46. The molecule has 11 heavy (non-hydrogen) atoms. The van der Waals surface area contributed by atoms with Gasteiger partial charge in [0, 0.05) is 0 Å². The first-order valence-electron chi connectivity index (χ1n) is 3.34. The van der Waals surface area contributed by atoms with Crippen LogP contribution in [0, 0.1) is 0 Å². The third kappa shape index (κ3) is 1.60. The highest BCUT2D eigenvalue weighted by Gasteiger charge is 2.11. The Morgan fingerprint density at radius 1 is 1.82 bits per heavy atom. The molecule has 1 N–H and O–H groups in total. The summed E-state index contributed by atoms with van der Waals surface area (Å²) < 4.78 is 0.786. The summed E-state index contributed by atoms with van der Waals surface area (Å²) in [4.78, 5) is 14.4. The van der Waals surface area contributed by atoms with Crippen LogP contribution in [0.2, 0.25) is 0 Å². The second-order valence-corrected chi connectivity index (χ2v) is 3.46. The van der Waals surface area contributed by atoms with Gasteiger partial charge in [-0.05, 0) is 11.2 Å². The van der Waals surface area contributed by atoms with E-state index in [1.807, 2.05) is 6.92 Å². The van der Waals surface area contributed by atoms with Gasteiger partial charge in [-0.25, -0.2) is 9.78 Å². The number of carboxylic acid groups (broad SMARTS) is 1. The lowest BCUT2D eigenvalue weighted by Gasteiger charge is -1.85. The van der Waals surface area contributed by atoms with Crippen molar-refractivity contribution in [3.8, 4) is 0 Å². The molecule has 58 valence electrons. The molecule has 3 nitrogen and oxygen atoms in total. The fourth-order valence-corrected chi connectivity index (χ4v) is 1.67. The van der Waals surface area contributed by atoms with Crippen molar-refractivity contribution in [2.24, 2.45) is 0 Å². The number of nitrogens with zero attached hydrogens (tertiary/aromatic N) is 1. The maximum atomic E-state index is 10.5. The number of aromatic nitrogens is 1. The van der Waals surface area contributed by atoms with Gasteiger partial charge in [0.05, 0.1) is 5.01 Å². The largest absolute Gasteiger partial charge is 0.477 e. The van der Waals surface area contributed by atoms with Crippen molar-refractivity contribution in [2.75, 3.05) is 0 Å². The second-order valence-electron chi connectivity index (χ2n) is 2.17. The lowest BCUT2D eigenvalue weighted by atomic mass is 10.1. The molecule has 1 heterocycles. The predicted octanol–water partition coefficient (Wildman–Crippen LogP) is -0.338. The summed E-state index contributed by atoms with van der Waals surface area (Å²) in [6.45, 7) is 1.96. The fourth-order valence-electron chi connectivity index (χ4n) is 0.801. The molecule has 0 saturated heterocycles. The van der Waals surface area contributed by atoms with Crippen molar-refractivity contribution in [1.82, 2.24) is 4.98 Å². The SMILES string of the molecule is Bc1sc(CC)nc1C(=O)O. The van der Waals surface area contributed by atoms with Crippen molar-refractivity contribution >= 4 is 29.9 Å². The zero-order chi connectivity index (χ0) is 8.43. The number of aromatic carboxylic acids is 1. The molecule has 0 atom stereocenters. The first-order chi connectivity index (χ1) is 5.15. The standard InChI is InChI=1S/C6H8BNO2S/c1-2-3-8-4(6(9)10)5(7)11-3/h2,7H2,1H3,(H,9,10). The molecule has 0 aromatic carbocycles. The van der Waals surface area contributed by atoms with E-state index >= 15 is 0 Å².